The van der Waals surface area contributed by atoms with Crippen LogP contribution in [0.2, 0.25) is 0 Å². The SMILES string of the molecule is CC1CCc2ccccc2N1S(=O)(=O)c1ccc2c(c1)CC(=O)N2. The molecule has 6 heteroatoms. The van der Waals surface area contributed by atoms with Crippen molar-refractivity contribution in [2.24, 2.45) is 0 Å². The van der Waals surface area contributed by atoms with Crippen molar-refractivity contribution < 1.29 is 13.2 Å². The number of carbonyl (C=O) groups excluding carboxylic acids is 1. The Morgan fingerprint density at radius 3 is 2.75 bits per heavy atom. The molecule has 2 aliphatic heterocycles. The van der Waals surface area contributed by atoms with Crippen molar-refractivity contribution in [1.82, 2.24) is 0 Å². The van der Waals surface area contributed by atoms with Crippen molar-refractivity contribution in [1.29, 1.82) is 0 Å². The van der Waals surface area contributed by atoms with Gasteiger partial charge in [-0.15, -0.1) is 0 Å². The predicted octanol–water partition coefficient (Wildman–Crippen LogP) is 2.71. The van der Waals surface area contributed by atoms with Gasteiger partial charge in [0.05, 0.1) is 17.0 Å². The van der Waals surface area contributed by atoms with E-state index >= 15 is 0 Å². The van der Waals surface area contributed by atoms with Gasteiger partial charge in [0.2, 0.25) is 5.91 Å². The topological polar surface area (TPSA) is 66.5 Å². The lowest BCUT2D eigenvalue weighted by molar-refractivity contribution is -0.115. The molecule has 0 aliphatic carbocycles. The van der Waals surface area contributed by atoms with E-state index in [1.165, 1.54) is 4.31 Å². The number of sulfonamides is 1. The number of carbonyl (C=O) groups is 1. The van der Waals surface area contributed by atoms with Crippen molar-refractivity contribution in [3.63, 3.8) is 0 Å². The maximum absolute atomic E-state index is 13.3. The zero-order chi connectivity index (χ0) is 16.9. The summed E-state index contributed by atoms with van der Waals surface area (Å²) in [6.07, 6.45) is 1.90. The molecule has 24 heavy (non-hydrogen) atoms. The maximum Gasteiger partial charge on any atom is 0.264 e. The molecule has 2 aromatic carbocycles. The first-order valence-electron chi connectivity index (χ1n) is 8.02. The van der Waals surface area contributed by atoms with Gasteiger partial charge in [0.15, 0.2) is 0 Å². The molecule has 0 fully saturated rings. The Labute approximate surface area is 141 Å². The van der Waals surface area contributed by atoms with Gasteiger partial charge in [0.25, 0.3) is 10.0 Å². The lowest BCUT2D eigenvalue weighted by Gasteiger charge is -2.36. The van der Waals surface area contributed by atoms with Crippen LogP contribution >= 0.6 is 0 Å². The summed E-state index contributed by atoms with van der Waals surface area (Å²) in [7, 11) is -3.67. The molecule has 0 spiro atoms. The fraction of sp³-hybridized carbons (Fsp3) is 0.278. The largest absolute Gasteiger partial charge is 0.326 e. The van der Waals surface area contributed by atoms with Crippen LogP contribution in [0.3, 0.4) is 0 Å². The van der Waals surface area contributed by atoms with Gasteiger partial charge < -0.3 is 5.32 Å². The molecule has 0 radical (unpaired) electrons. The predicted molar refractivity (Wildman–Crippen MR) is 92.7 cm³/mol. The highest BCUT2D eigenvalue weighted by Crippen LogP contribution is 2.36. The lowest BCUT2D eigenvalue weighted by atomic mass is 9.99. The molecule has 1 amide bonds. The second kappa shape index (κ2) is 5.34. The van der Waals surface area contributed by atoms with Gasteiger partial charge in [-0.25, -0.2) is 8.42 Å². The standard InChI is InChI=1S/C18H18N2O3S/c1-12-6-7-13-4-2-3-5-17(13)20(12)24(22,23)15-8-9-16-14(10-15)11-18(21)19-16/h2-5,8-10,12H,6-7,11H2,1H3,(H,19,21). The van der Waals surface area contributed by atoms with E-state index in [4.69, 9.17) is 0 Å². The van der Waals surface area contributed by atoms with Gasteiger partial charge in [-0.3, -0.25) is 9.10 Å². The molecule has 4 rings (SSSR count). The van der Waals surface area contributed by atoms with Crippen LogP contribution in [0.15, 0.2) is 47.4 Å². The third kappa shape index (κ3) is 2.29. The van der Waals surface area contributed by atoms with Crippen molar-refractivity contribution in [3.05, 3.63) is 53.6 Å². The summed E-state index contributed by atoms with van der Waals surface area (Å²) in [6.45, 7) is 1.94. The Balaban J connectivity index is 1.81. The Morgan fingerprint density at radius 2 is 1.92 bits per heavy atom. The molecule has 2 aromatic rings. The lowest BCUT2D eigenvalue weighted by Crippen LogP contribution is -2.42. The van der Waals surface area contributed by atoms with Crippen molar-refractivity contribution in [2.45, 2.75) is 37.1 Å². The zero-order valence-corrected chi connectivity index (χ0v) is 14.1. The third-order valence-electron chi connectivity index (χ3n) is 4.72. The Bertz CT molecular complexity index is 937. The van der Waals surface area contributed by atoms with E-state index in [1.807, 2.05) is 31.2 Å². The third-order valence-corrected chi connectivity index (χ3v) is 6.64. The number of nitrogens with zero attached hydrogens (tertiary/aromatic N) is 1. The number of para-hydroxylation sites is 1. The van der Waals surface area contributed by atoms with Gasteiger partial charge >= 0.3 is 0 Å². The molecular weight excluding hydrogens is 324 g/mol. The molecule has 0 aromatic heterocycles. The van der Waals surface area contributed by atoms with Gasteiger partial charge in [-0.1, -0.05) is 18.2 Å². The monoisotopic (exact) mass is 342 g/mol. The minimum atomic E-state index is -3.67. The van der Waals surface area contributed by atoms with Gasteiger partial charge in [0.1, 0.15) is 0 Å². The molecule has 1 unspecified atom stereocenters. The Morgan fingerprint density at radius 1 is 1.12 bits per heavy atom. The second-order valence-electron chi connectivity index (χ2n) is 6.36. The number of aryl methyl sites for hydroxylation is 1. The summed E-state index contributed by atoms with van der Waals surface area (Å²) in [5, 5.41) is 2.73. The normalized spacial score (nSPS) is 19.6. The number of nitrogens with one attached hydrogen (secondary N) is 1. The molecular formula is C18H18N2O3S. The van der Waals surface area contributed by atoms with Crippen LogP contribution in [0.1, 0.15) is 24.5 Å². The number of hydrogen-bond acceptors (Lipinski definition) is 3. The summed E-state index contributed by atoms with van der Waals surface area (Å²) >= 11 is 0. The fourth-order valence-corrected chi connectivity index (χ4v) is 5.28. The van der Waals surface area contributed by atoms with E-state index in [9.17, 15) is 13.2 Å². The van der Waals surface area contributed by atoms with Crippen LogP contribution in [0, 0.1) is 0 Å². The Kier molecular flexibility index (Phi) is 3.38. The molecule has 124 valence electrons. The minimum Gasteiger partial charge on any atom is -0.326 e. The highest BCUT2D eigenvalue weighted by Gasteiger charge is 2.34. The molecule has 0 bridgehead atoms. The van der Waals surface area contributed by atoms with Crippen LogP contribution in [0.25, 0.3) is 0 Å². The van der Waals surface area contributed by atoms with E-state index in [0.29, 0.717) is 5.69 Å². The van der Waals surface area contributed by atoms with Crippen molar-refractivity contribution >= 4 is 27.3 Å². The molecule has 1 atom stereocenters. The highest BCUT2D eigenvalue weighted by atomic mass is 32.2. The zero-order valence-electron chi connectivity index (χ0n) is 13.3. The molecule has 0 saturated heterocycles. The highest BCUT2D eigenvalue weighted by molar-refractivity contribution is 7.92. The minimum absolute atomic E-state index is 0.0992. The smallest absolute Gasteiger partial charge is 0.264 e. The number of rotatable bonds is 2. The maximum atomic E-state index is 13.3. The van der Waals surface area contributed by atoms with Crippen LogP contribution in [-0.2, 0) is 27.7 Å². The summed E-state index contributed by atoms with van der Waals surface area (Å²) in [6, 6.07) is 12.4. The summed E-state index contributed by atoms with van der Waals surface area (Å²) in [5.41, 5.74) is 3.24. The summed E-state index contributed by atoms with van der Waals surface area (Å²) in [5.74, 6) is -0.101. The van der Waals surface area contributed by atoms with Crippen LogP contribution < -0.4 is 9.62 Å². The van der Waals surface area contributed by atoms with Gasteiger partial charge in [-0.05, 0) is 55.2 Å². The average molecular weight is 342 g/mol. The van der Waals surface area contributed by atoms with Crippen LogP contribution in [0.5, 0.6) is 0 Å². The quantitative estimate of drug-likeness (QED) is 0.912. The number of amides is 1. The Hall–Kier alpha value is -2.34. The van der Waals surface area contributed by atoms with E-state index in [-0.39, 0.29) is 23.3 Å². The number of anilines is 2. The molecule has 1 N–H and O–H groups in total. The average Bonchev–Trinajstić information content (AvgIpc) is 2.93. The number of fused-ring (bicyclic) bond motifs is 2. The van der Waals surface area contributed by atoms with Gasteiger partial charge in [-0.2, -0.15) is 0 Å². The van der Waals surface area contributed by atoms with E-state index in [2.05, 4.69) is 5.32 Å². The van der Waals surface area contributed by atoms with Crippen molar-refractivity contribution in [3.8, 4) is 0 Å². The first-order valence-corrected chi connectivity index (χ1v) is 9.46. The van der Waals surface area contributed by atoms with E-state index in [0.717, 1.165) is 29.7 Å². The first kappa shape index (κ1) is 15.2. The summed E-state index contributed by atoms with van der Waals surface area (Å²) in [4.78, 5) is 11.7. The molecule has 2 heterocycles. The van der Waals surface area contributed by atoms with E-state index in [1.54, 1.807) is 18.2 Å². The van der Waals surface area contributed by atoms with Crippen LogP contribution in [-0.4, -0.2) is 20.4 Å². The number of hydrogen-bond donors (Lipinski definition) is 1. The fourth-order valence-electron chi connectivity index (χ4n) is 3.50. The summed E-state index contributed by atoms with van der Waals surface area (Å²) < 4.78 is 28.1. The van der Waals surface area contributed by atoms with Crippen LogP contribution in [0.4, 0.5) is 11.4 Å². The first-order chi connectivity index (χ1) is 11.5. The second-order valence-corrected chi connectivity index (χ2v) is 8.18. The molecule has 0 saturated carbocycles. The van der Waals surface area contributed by atoms with E-state index < -0.39 is 10.0 Å². The molecule has 5 nitrogen and oxygen atoms in total. The number of benzene rings is 2. The van der Waals surface area contributed by atoms with Crippen molar-refractivity contribution in [2.75, 3.05) is 9.62 Å². The van der Waals surface area contributed by atoms with Gasteiger partial charge in [0, 0.05) is 11.7 Å². The molecule has 2 aliphatic rings.